The summed E-state index contributed by atoms with van der Waals surface area (Å²) in [5.74, 6) is -0.369. The molecule has 6 nitrogen and oxygen atoms in total. The largest absolute Gasteiger partial charge is 0.492 e. The zero-order valence-corrected chi connectivity index (χ0v) is 15.6. The Balaban J connectivity index is 2.16. The number of carbonyl (C=O) groups excluding carboxylic acids is 2. The molecule has 1 aromatic rings. The molecule has 0 radical (unpaired) electrons. The van der Waals surface area contributed by atoms with Crippen molar-refractivity contribution in [1.29, 1.82) is 0 Å². The van der Waals surface area contributed by atoms with Gasteiger partial charge in [0.15, 0.2) is 0 Å². The van der Waals surface area contributed by atoms with Gasteiger partial charge in [0.25, 0.3) is 0 Å². The Morgan fingerprint density at radius 3 is 2.72 bits per heavy atom. The molecule has 0 aliphatic carbocycles. The van der Waals surface area contributed by atoms with Crippen LogP contribution in [0.2, 0.25) is 0 Å². The van der Waals surface area contributed by atoms with Crippen LogP contribution in [0.15, 0.2) is 24.3 Å². The third-order valence-corrected chi connectivity index (χ3v) is 4.90. The van der Waals surface area contributed by atoms with Crippen molar-refractivity contribution in [1.82, 2.24) is 9.80 Å². The summed E-state index contributed by atoms with van der Waals surface area (Å²) >= 11 is 0. The van der Waals surface area contributed by atoms with Crippen LogP contribution < -0.4 is 10.5 Å². The van der Waals surface area contributed by atoms with Crippen LogP contribution in [0.1, 0.15) is 38.3 Å². The minimum Gasteiger partial charge on any atom is -0.492 e. The summed E-state index contributed by atoms with van der Waals surface area (Å²) in [6, 6.07) is 7.94. The number of piperidine rings is 1. The van der Waals surface area contributed by atoms with E-state index in [-0.39, 0.29) is 6.04 Å². The first-order valence-corrected chi connectivity index (χ1v) is 8.79. The van der Waals surface area contributed by atoms with Crippen LogP contribution >= 0.6 is 0 Å². The molecule has 1 fully saturated rings. The Labute approximate surface area is 149 Å². The average Bonchev–Trinajstić information content (AvgIpc) is 2.58. The molecule has 0 unspecified atom stereocenters. The van der Waals surface area contributed by atoms with Crippen molar-refractivity contribution < 1.29 is 14.3 Å². The summed E-state index contributed by atoms with van der Waals surface area (Å²) < 4.78 is 5.89. The highest BCUT2D eigenvalue weighted by Gasteiger charge is 2.33. The van der Waals surface area contributed by atoms with Crippen LogP contribution in [0.4, 0.5) is 0 Å². The first kappa shape index (κ1) is 19.2. The van der Waals surface area contributed by atoms with Gasteiger partial charge in [-0.3, -0.25) is 9.59 Å². The smallest absolute Gasteiger partial charge is 0.312 e. The van der Waals surface area contributed by atoms with E-state index in [1.54, 1.807) is 4.90 Å². The number of amides is 2. The van der Waals surface area contributed by atoms with E-state index in [9.17, 15) is 9.59 Å². The molecule has 138 valence electrons. The second kappa shape index (κ2) is 8.34. The Morgan fingerprint density at radius 2 is 2.08 bits per heavy atom. The van der Waals surface area contributed by atoms with E-state index >= 15 is 0 Å². The highest BCUT2D eigenvalue weighted by atomic mass is 16.5. The number of nitrogens with two attached hydrogens (primary N) is 1. The Kier molecular flexibility index (Phi) is 6.42. The van der Waals surface area contributed by atoms with Gasteiger partial charge in [-0.05, 0) is 57.5 Å². The van der Waals surface area contributed by atoms with Gasteiger partial charge in [-0.1, -0.05) is 19.1 Å². The third-order valence-electron chi connectivity index (χ3n) is 4.90. The second-order valence-electron chi connectivity index (χ2n) is 7.22. The monoisotopic (exact) mass is 347 g/mol. The van der Waals surface area contributed by atoms with Gasteiger partial charge in [-0.25, -0.2) is 0 Å². The lowest BCUT2D eigenvalue weighted by molar-refractivity contribution is -0.147. The van der Waals surface area contributed by atoms with Crippen molar-refractivity contribution in [3.8, 4) is 5.75 Å². The maximum absolute atomic E-state index is 12.2. The quantitative estimate of drug-likeness (QED) is 0.824. The van der Waals surface area contributed by atoms with Gasteiger partial charge in [0.05, 0.1) is 6.04 Å². The number of nitrogens with zero attached hydrogens (tertiary/aromatic N) is 2. The van der Waals surface area contributed by atoms with Gasteiger partial charge >= 0.3 is 11.8 Å². The molecule has 2 N–H and O–H groups in total. The molecule has 25 heavy (non-hydrogen) atoms. The van der Waals surface area contributed by atoms with E-state index < -0.39 is 11.8 Å². The molecule has 3 atom stereocenters. The number of carbonyl (C=O) groups is 2. The fraction of sp³-hybridized carbons (Fsp3) is 0.579. The minimum atomic E-state index is -0.897. The summed E-state index contributed by atoms with van der Waals surface area (Å²) in [6.45, 7) is 5.32. The molecular formula is C19H29N3O3. The van der Waals surface area contributed by atoms with Crippen molar-refractivity contribution in [2.45, 2.75) is 38.8 Å². The summed E-state index contributed by atoms with van der Waals surface area (Å²) in [4.78, 5) is 27.3. The molecule has 1 saturated heterocycles. The molecule has 6 heteroatoms. The molecule has 0 bridgehead atoms. The number of ether oxygens (including phenoxy) is 1. The van der Waals surface area contributed by atoms with Crippen LogP contribution in [0.25, 0.3) is 0 Å². The van der Waals surface area contributed by atoms with Crippen molar-refractivity contribution in [2.75, 3.05) is 27.2 Å². The Hall–Kier alpha value is -2.08. The van der Waals surface area contributed by atoms with Crippen molar-refractivity contribution in [2.24, 2.45) is 11.7 Å². The molecule has 1 heterocycles. The highest BCUT2D eigenvalue weighted by Crippen LogP contribution is 2.34. The molecular weight excluding hydrogens is 318 g/mol. The van der Waals surface area contributed by atoms with Crippen LogP contribution in [0, 0.1) is 5.92 Å². The van der Waals surface area contributed by atoms with Crippen molar-refractivity contribution in [3.63, 3.8) is 0 Å². The number of likely N-dealkylation sites (tertiary alicyclic amines) is 1. The second-order valence-corrected chi connectivity index (χ2v) is 7.22. The zero-order chi connectivity index (χ0) is 18.6. The molecule has 0 aromatic heterocycles. The topological polar surface area (TPSA) is 75.9 Å². The molecule has 2 amide bonds. The summed E-state index contributed by atoms with van der Waals surface area (Å²) in [5.41, 5.74) is 6.22. The van der Waals surface area contributed by atoms with E-state index in [1.165, 1.54) is 0 Å². The number of likely N-dealkylation sites (N-methyl/N-ethyl adjacent to an activating group) is 1. The Morgan fingerprint density at radius 1 is 1.36 bits per heavy atom. The summed E-state index contributed by atoms with van der Waals surface area (Å²) in [7, 11) is 4.03. The average molecular weight is 347 g/mol. The number of primary amides is 1. The van der Waals surface area contributed by atoms with Gasteiger partial charge in [0, 0.05) is 12.6 Å². The fourth-order valence-corrected chi connectivity index (χ4v) is 3.04. The molecule has 0 spiro atoms. The first-order valence-electron chi connectivity index (χ1n) is 8.79. The molecule has 0 saturated carbocycles. The van der Waals surface area contributed by atoms with E-state index in [0.29, 0.717) is 25.1 Å². The molecule has 1 aromatic carbocycles. The highest BCUT2D eigenvalue weighted by molar-refractivity contribution is 6.34. The maximum Gasteiger partial charge on any atom is 0.312 e. The van der Waals surface area contributed by atoms with E-state index in [2.05, 4.69) is 18.7 Å². The third kappa shape index (κ3) is 4.95. The number of hydrogen-bond acceptors (Lipinski definition) is 4. The van der Waals surface area contributed by atoms with Crippen LogP contribution in [0.3, 0.4) is 0 Å². The lowest BCUT2D eigenvalue weighted by Gasteiger charge is -2.38. The number of benzene rings is 1. The first-order chi connectivity index (χ1) is 11.8. The molecule has 1 aliphatic rings. The lowest BCUT2D eigenvalue weighted by atomic mass is 9.89. The zero-order valence-electron chi connectivity index (χ0n) is 15.6. The molecule has 2 rings (SSSR count). The SMILES string of the molecule is C[C@H]1CC[C@H](c2cccc(OC[C@H](C)N(C)C)c2)N(C(=O)C(N)=O)C1. The van der Waals surface area contributed by atoms with Gasteiger partial charge < -0.3 is 20.3 Å². The summed E-state index contributed by atoms with van der Waals surface area (Å²) in [5, 5.41) is 0. The van der Waals surface area contributed by atoms with Gasteiger partial charge in [0.1, 0.15) is 12.4 Å². The Bertz CT molecular complexity index is 618. The van der Waals surface area contributed by atoms with E-state index in [0.717, 1.165) is 24.2 Å². The minimum absolute atomic E-state index is 0.133. The lowest BCUT2D eigenvalue weighted by Crippen LogP contribution is -2.46. The fourth-order valence-electron chi connectivity index (χ4n) is 3.04. The van der Waals surface area contributed by atoms with E-state index in [1.807, 2.05) is 38.4 Å². The van der Waals surface area contributed by atoms with Gasteiger partial charge in [-0.15, -0.1) is 0 Å². The molecule has 1 aliphatic heterocycles. The number of hydrogen-bond donors (Lipinski definition) is 1. The number of rotatable bonds is 5. The normalized spacial score (nSPS) is 21.9. The van der Waals surface area contributed by atoms with Crippen molar-refractivity contribution >= 4 is 11.8 Å². The van der Waals surface area contributed by atoms with Crippen molar-refractivity contribution in [3.05, 3.63) is 29.8 Å². The predicted molar refractivity (Wildman–Crippen MR) is 97.1 cm³/mol. The van der Waals surface area contributed by atoms with Gasteiger partial charge in [-0.2, -0.15) is 0 Å². The van der Waals surface area contributed by atoms with Crippen LogP contribution in [-0.4, -0.2) is 54.9 Å². The van der Waals surface area contributed by atoms with E-state index in [4.69, 9.17) is 10.5 Å². The standard InChI is InChI=1S/C19H29N3O3/c1-13-8-9-17(22(11-13)19(24)18(20)23)15-6-5-7-16(10-15)25-12-14(2)21(3)4/h5-7,10,13-14,17H,8-9,11-12H2,1-4H3,(H2,20,23)/t13-,14-,17+/m0/s1. The predicted octanol–water partition coefficient (Wildman–Crippen LogP) is 1.80. The van der Waals surface area contributed by atoms with Crippen LogP contribution in [-0.2, 0) is 9.59 Å². The van der Waals surface area contributed by atoms with Crippen LogP contribution in [0.5, 0.6) is 5.75 Å². The summed E-state index contributed by atoms with van der Waals surface area (Å²) in [6.07, 6.45) is 1.83. The maximum atomic E-state index is 12.2. The van der Waals surface area contributed by atoms with Gasteiger partial charge in [0.2, 0.25) is 0 Å².